The van der Waals surface area contributed by atoms with Crippen LogP contribution >= 0.6 is 0 Å². The molecule has 0 saturated heterocycles. The van der Waals surface area contributed by atoms with Crippen LogP contribution in [-0.4, -0.2) is 51.1 Å². The quantitative estimate of drug-likeness (QED) is 0.375. The molecule has 0 bridgehead atoms. The van der Waals surface area contributed by atoms with Crippen LogP contribution in [0, 0.1) is 0 Å². The predicted molar refractivity (Wildman–Crippen MR) is 116 cm³/mol. The van der Waals surface area contributed by atoms with Gasteiger partial charge in [-0.05, 0) is 48.5 Å². The normalized spacial score (nSPS) is 14.1. The van der Waals surface area contributed by atoms with Crippen molar-refractivity contribution >= 4 is 12.0 Å². The maximum atomic E-state index is 13.3. The smallest absolute Gasteiger partial charge is 0.419 e. The molecule has 6 nitrogen and oxygen atoms in total. The van der Waals surface area contributed by atoms with E-state index < -0.39 is 23.8 Å². The molecule has 184 valence electrons. The fraction of sp³-hybridized carbons (Fsp3) is 0.375. The number of hydrogen-bond donors (Lipinski definition) is 0. The summed E-state index contributed by atoms with van der Waals surface area (Å²) in [7, 11) is 3.13. The summed E-state index contributed by atoms with van der Waals surface area (Å²) in [6.45, 7) is 1.88. The Labute approximate surface area is 194 Å². The number of esters is 1. The fourth-order valence-corrected chi connectivity index (χ4v) is 3.39. The number of nitrogens with zero attached hydrogens (tertiary/aromatic N) is 1. The van der Waals surface area contributed by atoms with Crippen LogP contribution < -0.4 is 14.2 Å². The summed E-state index contributed by atoms with van der Waals surface area (Å²) in [5, 5.41) is 0. The standard InChI is InChI=1S/C24H25F4NO5/c1-15(25)34-21-7-4-16(9-20(21)24(26,27)28)13-32-19-6-5-18-8-17(14-33-22(18)10-19)11-29(2)12-23(30)31-3/h4-10,15H,11-14H2,1-3H3/t15-/m0/s1. The number of carbonyl (C=O) groups excluding carboxylic acids is 1. The van der Waals surface area contributed by atoms with Gasteiger partial charge in [0.1, 0.15) is 30.5 Å². The number of benzene rings is 2. The highest BCUT2D eigenvalue weighted by atomic mass is 19.4. The van der Waals surface area contributed by atoms with E-state index in [1.165, 1.54) is 13.2 Å². The molecule has 34 heavy (non-hydrogen) atoms. The van der Waals surface area contributed by atoms with Crippen molar-refractivity contribution in [2.75, 3.05) is 33.9 Å². The van der Waals surface area contributed by atoms with Crippen LogP contribution in [0.4, 0.5) is 17.6 Å². The Morgan fingerprint density at radius 3 is 2.65 bits per heavy atom. The first-order valence-electron chi connectivity index (χ1n) is 10.4. The number of halogens is 4. The molecular formula is C24H25F4NO5. The highest BCUT2D eigenvalue weighted by molar-refractivity contribution is 5.71. The third-order valence-corrected chi connectivity index (χ3v) is 4.90. The largest absolute Gasteiger partial charge is 0.489 e. The van der Waals surface area contributed by atoms with Crippen molar-refractivity contribution in [3.8, 4) is 17.2 Å². The summed E-state index contributed by atoms with van der Waals surface area (Å²) >= 11 is 0. The SMILES string of the molecule is COC(=O)CN(C)CC1=Cc2ccc(OCc3ccc(O[C@@H](C)F)c(C(F)(F)F)c3)cc2OC1. The van der Waals surface area contributed by atoms with Gasteiger partial charge in [-0.1, -0.05) is 6.07 Å². The van der Waals surface area contributed by atoms with Crippen molar-refractivity contribution in [1.82, 2.24) is 4.90 Å². The van der Waals surface area contributed by atoms with Gasteiger partial charge in [0.05, 0.1) is 19.2 Å². The lowest BCUT2D eigenvalue weighted by Crippen LogP contribution is -2.30. The topological polar surface area (TPSA) is 57.2 Å². The molecule has 0 aliphatic carbocycles. The molecule has 0 N–H and O–H groups in total. The van der Waals surface area contributed by atoms with Crippen molar-refractivity contribution in [3.05, 3.63) is 58.7 Å². The van der Waals surface area contributed by atoms with E-state index in [0.29, 0.717) is 24.7 Å². The molecular weight excluding hydrogens is 458 g/mol. The number of fused-ring (bicyclic) bond motifs is 1. The monoisotopic (exact) mass is 483 g/mol. The minimum absolute atomic E-state index is 0.132. The first kappa shape index (κ1) is 25.4. The molecule has 0 spiro atoms. The number of hydrogen-bond acceptors (Lipinski definition) is 6. The molecule has 1 aliphatic rings. The van der Waals surface area contributed by atoms with Gasteiger partial charge in [0, 0.05) is 25.1 Å². The number of rotatable bonds is 9. The fourth-order valence-electron chi connectivity index (χ4n) is 3.39. The molecule has 2 aromatic rings. The Morgan fingerprint density at radius 1 is 1.21 bits per heavy atom. The van der Waals surface area contributed by atoms with Crippen LogP contribution in [0.25, 0.3) is 6.08 Å². The minimum Gasteiger partial charge on any atom is -0.489 e. The lowest BCUT2D eigenvalue weighted by atomic mass is 10.1. The van der Waals surface area contributed by atoms with Crippen LogP contribution in [0.2, 0.25) is 0 Å². The molecule has 1 aliphatic heterocycles. The average molecular weight is 483 g/mol. The van der Waals surface area contributed by atoms with E-state index in [-0.39, 0.29) is 24.7 Å². The second-order valence-electron chi connectivity index (χ2n) is 7.82. The highest BCUT2D eigenvalue weighted by Crippen LogP contribution is 2.38. The Bertz CT molecular complexity index is 1050. The van der Waals surface area contributed by atoms with Gasteiger partial charge in [-0.15, -0.1) is 0 Å². The predicted octanol–water partition coefficient (Wildman–Crippen LogP) is 4.86. The summed E-state index contributed by atoms with van der Waals surface area (Å²) in [4.78, 5) is 13.2. The van der Waals surface area contributed by atoms with Crippen molar-refractivity contribution in [3.63, 3.8) is 0 Å². The summed E-state index contributed by atoms with van der Waals surface area (Å²) in [5.41, 5.74) is 0.973. The van der Waals surface area contributed by atoms with Gasteiger partial charge >= 0.3 is 12.1 Å². The molecule has 10 heteroatoms. The zero-order valence-electron chi connectivity index (χ0n) is 18.9. The van der Waals surface area contributed by atoms with Crippen LogP contribution in [0.3, 0.4) is 0 Å². The number of likely N-dealkylation sites (N-methyl/N-ethyl adjacent to an activating group) is 1. The summed E-state index contributed by atoms with van der Waals surface area (Å²) < 4.78 is 73.8. The molecule has 1 heterocycles. The Morgan fingerprint density at radius 2 is 1.97 bits per heavy atom. The van der Waals surface area contributed by atoms with Crippen LogP contribution in [-0.2, 0) is 22.3 Å². The van der Waals surface area contributed by atoms with Crippen molar-refractivity contribution in [2.45, 2.75) is 26.1 Å². The lowest BCUT2D eigenvalue weighted by Gasteiger charge is -2.22. The van der Waals surface area contributed by atoms with E-state index in [0.717, 1.165) is 30.2 Å². The number of ether oxygens (including phenoxy) is 4. The third kappa shape index (κ3) is 6.86. The van der Waals surface area contributed by atoms with Crippen LogP contribution in [0.15, 0.2) is 42.0 Å². The maximum Gasteiger partial charge on any atom is 0.419 e. The van der Waals surface area contributed by atoms with Gasteiger partial charge in [0.25, 0.3) is 0 Å². The summed E-state index contributed by atoms with van der Waals surface area (Å²) in [5.74, 6) is 0.0926. The van der Waals surface area contributed by atoms with Gasteiger partial charge in [-0.2, -0.15) is 13.2 Å². The number of alkyl halides is 4. The van der Waals surface area contributed by atoms with Gasteiger partial charge in [0.15, 0.2) is 0 Å². The van der Waals surface area contributed by atoms with E-state index >= 15 is 0 Å². The van der Waals surface area contributed by atoms with Gasteiger partial charge in [-0.25, -0.2) is 4.39 Å². The van der Waals surface area contributed by atoms with Crippen molar-refractivity contribution in [2.24, 2.45) is 0 Å². The van der Waals surface area contributed by atoms with E-state index in [4.69, 9.17) is 9.47 Å². The molecule has 0 amide bonds. The Balaban J connectivity index is 1.66. The molecule has 0 fully saturated rings. The van der Waals surface area contributed by atoms with Crippen LogP contribution in [0.5, 0.6) is 17.2 Å². The van der Waals surface area contributed by atoms with Crippen LogP contribution in [0.1, 0.15) is 23.6 Å². The van der Waals surface area contributed by atoms with E-state index in [9.17, 15) is 22.4 Å². The number of carbonyl (C=O) groups is 1. The zero-order valence-corrected chi connectivity index (χ0v) is 18.9. The number of methoxy groups -OCH3 is 1. The zero-order chi connectivity index (χ0) is 24.9. The van der Waals surface area contributed by atoms with E-state index in [2.05, 4.69) is 9.47 Å². The first-order chi connectivity index (χ1) is 16.0. The average Bonchev–Trinajstić information content (AvgIpc) is 2.77. The second kappa shape index (κ2) is 10.8. The summed E-state index contributed by atoms with van der Waals surface area (Å²) in [6.07, 6.45) is -4.62. The highest BCUT2D eigenvalue weighted by Gasteiger charge is 2.35. The van der Waals surface area contributed by atoms with E-state index in [1.807, 2.05) is 11.0 Å². The van der Waals surface area contributed by atoms with Gasteiger partial charge in [0.2, 0.25) is 6.36 Å². The molecule has 0 unspecified atom stereocenters. The molecule has 0 saturated carbocycles. The second-order valence-corrected chi connectivity index (χ2v) is 7.82. The third-order valence-electron chi connectivity index (χ3n) is 4.90. The maximum absolute atomic E-state index is 13.3. The molecule has 2 aromatic carbocycles. The molecule has 1 atom stereocenters. The molecule has 3 rings (SSSR count). The Kier molecular flexibility index (Phi) is 8.03. The first-order valence-corrected chi connectivity index (χ1v) is 10.4. The molecule has 0 aromatic heterocycles. The Hall–Kier alpha value is -3.27. The van der Waals surface area contributed by atoms with Gasteiger partial charge in [-0.3, -0.25) is 9.69 Å². The lowest BCUT2D eigenvalue weighted by molar-refractivity contribution is -0.141. The van der Waals surface area contributed by atoms with Crippen molar-refractivity contribution in [1.29, 1.82) is 0 Å². The van der Waals surface area contributed by atoms with E-state index in [1.54, 1.807) is 25.2 Å². The minimum atomic E-state index is -4.70. The summed E-state index contributed by atoms with van der Waals surface area (Å²) in [6, 6.07) is 8.48. The molecule has 0 radical (unpaired) electrons. The van der Waals surface area contributed by atoms with Gasteiger partial charge < -0.3 is 18.9 Å². The van der Waals surface area contributed by atoms with Crippen molar-refractivity contribution < 1.29 is 41.3 Å².